The van der Waals surface area contributed by atoms with Crippen molar-refractivity contribution in [2.24, 2.45) is 0 Å². The smallest absolute Gasteiger partial charge is 0.188 e. The molecule has 16 heavy (non-hydrogen) atoms. The third-order valence-electron chi connectivity index (χ3n) is 2.29. The molecule has 0 radical (unpaired) electrons. The van der Waals surface area contributed by atoms with Gasteiger partial charge in [0.2, 0.25) is 0 Å². The summed E-state index contributed by atoms with van der Waals surface area (Å²) in [5.41, 5.74) is 2.10. The van der Waals surface area contributed by atoms with Crippen LogP contribution >= 0.6 is 11.8 Å². The molecule has 90 valence electrons. The van der Waals surface area contributed by atoms with Gasteiger partial charge in [0.05, 0.1) is 0 Å². The van der Waals surface area contributed by atoms with E-state index in [2.05, 4.69) is 30.7 Å². The van der Waals surface area contributed by atoms with Crippen LogP contribution in [0.25, 0.3) is 0 Å². The second kappa shape index (κ2) is 6.21. The predicted molar refractivity (Wildman–Crippen MR) is 67.9 cm³/mol. The molecule has 4 heteroatoms. The van der Waals surface area contributed by atoms with E-state index < -0.39 is 0 Å². The minimum atomic E-state index is 0.219. The molecule has 0 aliphatic rings. The molecule has 1 heterocycles. The SMILES string of the molecule is Cc1cc(C(C)C)nc(SC(C)CCO)n1. The van der Waals surface area contributed by atoms with Gasteiger partial charge in [-0.15, -0.1) is 0 Å². The summed E-state index contributed by atoms with van der Waals surface area (Å²) in [5.74, 6) is 0.425. The number of aliphatic hydroxyl groups is 1. The summed E-state index contributed by atoms with van der Waals surface area (Å²) in [4.78, 5) is 8.93. The molecule has 0 aliphatic carbocycles. The largest absolute Gasteiger partial charge is 0.396 e. The fourth-order valence-corrected chi connectivity index (χ4v) is 2.27. The van der Waals surface area contributed by atoms with Crippen LogP contribution in [0.2, 0.25) is 0 Å². The lowest BCUT2D eigenvalue weighted by Gasteiger charge is -2.11. The summed E-state index contributed by atoms with van der Waals surface area (Å²) < 4.78 is 0. The van der Waals surface area contributed by atoms with Crippen LogP contribution in [-0.4, -0.2) is 26.9 Å². The van der Waals surface area contributed by atoms with Crippen LogP contribution in [0.4, 0.5) is 0 Å². The van der Waals surface area contributed by atoms with Crippen molar-refractivity contribution in [3.8, 4) is 0 Å². The summed E-state index contributed by atoms with van der Waals surface area (Å²) >= 11 is 1.63. The third kappa shape index (κ3) is 4.10. The Morgan fingerprint density at radius 1 is 1.31 bits per heavy atom. The maximum absolute atomic E-state index is 8.86. The van der Waals surface area contributed by atoms with Gasteiger partial charge in [-0.2, -0.15) is 0 Å². The molecule has 0 aromatic carbocycles. The lowest BCUT2D eigenvalue weighted by atomic mass is 10.1. The Kier molecular flexibility index (Phi) is 5.22. The van der Waals surface area contributed by atoms with Gasteiger partial charge >= 0.3 is 0 Å². The van der Waals surface area contributed by atoms with Crippen molar-refractivity contribution in [2.75, 3.05) is 6.61 Å². The number of thioether (sulfide) groups is 1. The first-order valence-electron chi connectivity index (χ1n) is 5.66. The summed E-state index contributed by atoms with van der Waals surface area (Å²) in [5, 5.41) is 10.0. The number of rotatable bonds is 5. The van der Waals surface area contributed by atoms with Gasteiger partial charge in [-0.3, -0.25) is 0 Å². The lowest BCUT2D eigenvalue weighted by molar-refractivity contribution is 0.289. The molecule has 1 rings (SSSR count). The molecular weight excluding hydrogens is 220 g/mol. The first kappa shape index (κ1) is 13.5. The average Bonchev–Trinajstić information content (AvgIpc) is 2.16. The van der Waals surface area contributed by atoms with E-state index in [-0.39, 0.29) is 6.61 Å². The Balaban J connectivity index is 2.80. The van der Waals surface area contributed by atoms with Crippen molar-refractivity contribution < 1.29 is 5.11 Å². The molecule has 1 aromatic heterocycles. The van der Waals surface area contributed by atoms with Crippen molar-refractivity contribution in [3.63, 3.8) is 0 Å². The fourth-order valence-electron chi connectivity index (χ4n) is 1.33. The topological polar surface area (TPSA) is 46.0 Å². The third-order valence-corrected chi connectivity index (χ3v) is 3.32. The van der Waals surface area contributed by atoms with Gasteiger partial charge in [-0.1, -0.05) is 32.5 Å². The van der Waals surface area contributed by atoms with Crippen LogP contribution in [-0.2, 0) is 0 Å². The van der Waals surface area contributed by atoms with E-state index in [0.717, 1.165) is 23.0 Å². The highest BCUT2D eigenvalue weighted by molar-refractivity contribution is 7.99. The molecule has 0 saturated heterocycles. The molecule has 0 aliphatic heterocycles. The lowest BCUT2D eigenvalue weighted by Crippen LogP contribution is -2.04. The zero-order valence-corrected chi connectivity index (χ0v) is 11.2. The molecule has 1 atom stereocenters. The Labute approximate surface area is 102 Å². The second-order valence-corrected chi connectivity index (χ2v) is 5.72. The van der Waals surface area contributed by atoms with Gasteiger partial charge < -0.3 is 5.11 Å². The normalized spacial score (nSPS) is 13.1. The van der Waals surface area contributed by atoms with Gasteiger partial charge in [0, 0.05) is 23.2 Å². The van der Waals surface area contributed by atoms with Crippen LogP contribution < -0.4 is 0 Å². The monoisotopic (exact) mass is 240 g/mol. The number of aromatic nitrogens is 2. The Hall–Kier alpha value is -0.610. The quantitative estimate of drug-likeness (QED) is 0.635. The summed E-state index contributed by atoms with van der Waals surface area (Å²) in [7, 11) is 0. The second-order valence-electron chi connectivity index (χ2n) is 4.31. The molecule has 3 nitrogen and oxygen atoms in total. The van der Waals surface area contributed by atoms with E-state index in [0.29, 0.717) is 11.2 Å². The Bertz CT molecular complexity index is 342. The van der Waals surface area contributed by atoms with Gasteiger partial charge in [0.25, 0.3) is 0 Å². The number of nitrogens with zero attached hydrogens (tertiary/aromatic N) is 2. The van der Waals surface area contributed by atoms with E-state index in [9.17, 15) is 0 Å². The molecule has 0 fully saturated rings. The van der Waals surface area contributed by atoms with E-state index in [1.54, 1.807) is 11.8 Å². The zero-order chi connectivity index (χ0) is 12.1. The van der Waals surface area contributed by atoms with Crippen molar-refractivity contribution >= 4 is 11.8 Å². The Morgan fingerprint density at radius 3 is 2.56 bits per heavy atom. The van der Waals surface area contributed by atoms with Crippen molar-refractivity contribution in [1.82, 2.24) is 9.97 Å². The molecule has 1 N–H and O–H groups in total. The van der Waals surface area contributed by atoms with Crippen LogP contribution in [0.3, 0.4) is 0 Å². The van der Waals surface area contributed by atoms with Crippen LogP contribution in [0.1, 0.15) is 44.5 Å². The number of aliphatic hydroxyl groups excluding tert-OH is 1. The fraction of sp³-hybridized carbons (Fsp3) is 0.667. The maximum atomic E-state index is 8.86. The highest BCUT2D eigenvalue weighted by atomic mass is 32.2. The first-order chi connectivity index (χ1) is 7.52. The van der Waals surface area contributed by atoms with Gasteiger partial charge in [0.15, 0.2) is 5.16 Å². The van der Waals surface area contributed by atoms with E-state index in [1.807, 2.05) is 13.0 Å². The van der Waals surface area contributed by atoms with E-state index in [4.69, 9.17) is 5.11 Å². The number of hydrogen-bond donors (Lipinski definition) is 1. The molecular formula is C12H20N2OS. The highest BCUT2D eigenvalue weighted by Gasteiger charge is 2.09. The Morgan fingerprint density at radius 2 is 2.00 bits per heavy atom. The van der Waals surface area contributed by atoms with E-state index in [1.165, 1.54) is 0 Å². The summed E-state index contributed by atoms with van der Waals surface area (Å²) in [6.45, 7) is 8.56. The average molecular weight is 240 g/mol. The van der Waals surface area contributed by atoms with Crippen LogP contribution in [0, 0.1) is 6.92 Å². The van der Waals surface area contributed by atoms with Crippen LogP contribution in [0.5, 0.6) is 0 Å². The highest BCUT2D eigenvalue weighted by Crippen LogP contribution is 2.23. The minimum absolute atomic E-state index is 0.219. The molecule has 0 amide bonds. The zero-order valence-electron chi connectivity index (χ0n) is 10.4. The first-order valence-corrected chi connectivity index (χ1v) is 6.54. The summed E-state index contributed by atoms with van der Waals surface area (Å²) in [6.07, 6.45) is 0.777. The van der Waals surface area contributed by atoms with Crippen molar-refractivity contribution in [2.45, 2.75) is 50.4 Å². The van der Waals surface area contributed by atoms with Crippen molar-refractivity contribution in [1.29, 1.82) is 0 Å². The molecule has 1 aromatic rings. The summed E-state index contributed by atoms with van der Waals surface area (Å²) in [6, 6.07) is 2.03. The van der Waals surface area contributed by atoms with Crippen LogP contribution in [0.15, 0.2) is 11.2 Å². The van der Waals surface area contributed by atoms with Gasteiger partial charge in [-0.25, -0.2) is 9.97 Å². The molecule has 1 unspecified atom stereocenters. The minimum Gasteiger partial charge on any atom is -0.396 e. The molecule has 0 saturated carbocycles. The molecule has 0 bridgehead atoms. The number of aryl methyl sites for hydroxylation is 1. The van der Waals surface area contributed by atoms with Gasteiger partial charge in [0.1, 0.15) is 0 Å². The number of hydrogen-bond acceptors (Lipinski definition) is 4. The van der Waals surface area contributed by atoms with Gasteiger partial charge in [-0.05, 0) is 25.3 Å². The predicted octanol–water partition coefficient (Wildman–Crippen LogP) is 2.77. The van der Waals surface area contributed by atoms with E-state index >= 15 is 0 Å². The van der Waals surface area contributed by atoms with Crippen molar-refractivity contribution in [3.05, 3.63) is 17.5 Å². The standard InChI is InChI=1S/C12H20N2OS/c1-8(2)11-7-9(3)13-12(14-11)16-10(4)5-6-15/h7-8,10,15H,5-6H2,1-4H3. The molecule has 0 spiro atoms. The maximum Gasteiger partial charge on any atom is 0.188 e.